The minimum atomic E-state index is 0.0207. The first-order chi connectivity index (χ1) is 11.7. The second-order valence-electron chi connectivity index (χ2n) is 7.04. The average molecular weight is 368 g/mol. The fourth-order valence-electron chi connectivity index (χ4n) is 4.65. The Morgan fingerprint density at radius 1 is 1.21 bits per heavy atom. The summed E-state index contributed by atoms with van der Waals surface area (Å²) in [5.74, 6) is 2.59. The van der Waals surface area contributed by atoms with Crippen LogP contribution in [0.3, 0.4) is 0 Å². The molecule has 1 aromatic carbocycles. The maximum absolute atomic E-state index is 6.82. The van der Waals surface area contributed by atoms with Crippen LogP contribution in [-0.4, -0.2) is 29.5 Å². The minimum Gasteiger partial charge on any atom is -0.497 e. The molecule has 1 unspecified atom stereocenters. The molecule has 1 fully saturated rings. The summed E-state index contributed by atoms with van der Waals surface area (Å²) in [6.07, 6.45) is 12.0. The van der Waals surface area contributed by atoms with Crippen molar-refractivity contribution in [1.29, 1.82) is 0 Å². The SMILES string of the molecule is COc1ccc(C[C@@H]2C=CCC2(C2CCCC2)N(Cl)CCCl)cc1. The lowest BCUT2D eigenvalue weighted by atomic mass is 9.72. The van der Waals surface area contributed by atoms with Crippen LogP contribution in [0.25, 0.3) is 0 Å². The number of hydrogen-bond acceptors (Lipinski definition) is 2. The van der Waals surface area contributed by atoms with Gasteiger partial charge in [0.25, 0.3) is 0 Å². The lowest BCUT2D eigenvalue weighted by Gasteiger charge is -2.46. The molecule has 0 aromatic heterocycles. The van der Waals surface area contributed by atoms with Gasteiger partial charge in [-0.25, -0.2) is 4.42 Å². The molecule has 24 heavy (non-hydrogen) atoms. The van der Waals surface area contributed by atoms with Crippen molar-refractivity contribution in [3.63, 3.8) is 0 Å². The standard InChI is InChI=1S/C20H27Cl2NO/c1-24-19-10-8-16(9-11-19)15-18-7-4-12-20(18,23(22)14-13-21)17-5-2-3-6-17/h4,7-11,17-18H,2-3,5-6,12-15H2,1H3/t18-,20?/m0/s1. The van der Waals surface area contributed by atoms with Gasteiger partial charge in [-0.05, 0) is 61.1 Å². The second-order valence-corrected chi connectivity index (χ2v) is 7.82. The lowest BCUT2D eigenvalue weighted by Crippen LogP contribution is -2.53. The van der Waals surface area contributed by atoms with Gasteiger partial charge >= 0.3 is 0 Å². The molecule has 2 atom stereocenters. The highest BCUT2D eigenvalue weighted by Gasteiger charge is 2.50. The van der Waals surface area contributed by atoms with Crippen molar-refractivity contribution in [3.8, 4) is 5.75 Å². The van der Waals surface area contributed by atoms with Crippen LogP contribution >= 0.6 is 23.4 Å². The van der Waals surface area contributed by atoms with Crippen LogP contribution in [0.5, 0.6) is 5.75 Å². The normalized spacial score (nSPS) is 27.2. The molecule has 3 rings (SSSR count). The van der Waals surface area contributed by atoms with E-state index in [4.69, 9.17) is 28.1 Å². The first-order valence-electron chi connectivity index (χ1n) is 8.99. The van der Waals surface area contributed by atoms with Crippen LogP contribution in [-0.2, 0) is 6.42 Å². The van der Waals surface area contributed by atoms with E-state index in [9.17, 15) is 0 Å². The van der Waals surface area contributed by atoms with Gasteiger partial charge in [-0.2, -0.15) is 0 Å². The Balaban J connectivity index is 1.83. The molecule has 1 saturated carbocycles. The highest BCUT2D eigenvalue weighted by molar-refractivity contribution is 6.19. The largest absolute Gasteiger partial charge is 0.497 e. The molecule has 0 saturated heterocycles. The molecule has 0 spiro atoms. The number of rotatable bonds is 7. The van der Waals surface area contributed by atoms with Crippen molar-refractivity contribution in [2.45, 2.75) is 44.1 Å². The molecule has 4 heteroatoms. The van der Waals surface area contributed by atoms with Crippen molar-refractivity contribution in [2.75, 3.05) is 19.5 Å². The van der Waals surface area contributed by atoms with Crippen LogP contribution < -0.4 is 4.74 Å². The molecule has 0 radical (unpaired) electrons. The highest BCUT2D eigenvalue weighted by Crippen LogP contribution is 2.50. The molecule has 0 aliphatic heterocycles. The van der Waals surface area contributed by atoms with E-state index in [0.717, 1.165) is 25.1 Å². The predicted molar refractivity (Wildman–Crippen MR) is 102 cm³/mol. The zero-order chi connectivity index (χ0) is 17.0. The van der Waals surface area contributed by atoms with Crippen molar-refractivity contribution < 1.29 is 4.74 Å². The average Bonchev–Trinajstić information content (AvgIpc) is 3.26. The third kappa shape index (κ3) is 3.47. The van der Waals surface area contributed by atoms with Gasteiger partial charge in [-0.3, -0.25) is 0 Å². The molecule has 132 valence electrons. The third-order valence-electron chi connectivity index (χ3n) is 5.86. The quantitative estimate of drug-likeness (QED) is 0.361. The maximum Gasteiger partial charge on any atom is 0.118 e. The van der Waals surface area contributed by atoms with E-state index < -0.39 is 0 Å². The summed E-state index contributed by atoms with van der Waals surface area (Å²) in [4.78, 5) is 0. The van der Waals surface area contributed by atoms with Gasteiger partial charge in [-0.15, -0.1) is 11.6 Å². The molecule has 2 nitrogen and oxygen atoms in total. The smallest absolute Gasteiger partial charge is 0.118 e. The number of hydrogen-bond donors (Lipinski definition) is 0. The van der Waals surface area contributed by atoms with Gasteiger partial charge in [0.15, 0.2) is 0 Å². The van der Waals surface area contributed by atoms with Gasteiger partial charge in [0, 0.05) is 23.9 Å². The molecule has 0 bridgehead atoms. The molecular weight excluding hydrogens is 341 g/mol. The Hall–Kier alpha value is -0.700. The van der Waals surface area contributed by atoms with Crippen LogP contribution in [0.15, 0.2) is 36.4 Å². The van der Waals surface area contributed by atoms with Crippen molar-refractivity contribution in [1.82, 2.24) is 4.42 Å². The number of halogens is 2. The van der Waals surface area contributed by atoms with E-state index in [-0.39, 0.29) is 5.54 Å². The summed E-state index contributed by atoms with van der Waals surface area (Å²) < 4.78 is 7.32. The predicted octanol–water partition coefficient (Wildman–Crippen LogP) is 5.44. The number of benzene rings is 1. The monoisotopic (exact) mass is 367 g/mol. The second kappa shape index (κ2) is 8.12. The van der Waals surface area contributed by atoms with Gasteiger partial charge < -0.3 is 4.74 Å². The van der Waals surface area contributed by atoms with E-state index in [2.05, 4.69) is 24.3 Å². The third-order valence-corrected chi connectivity index (χ3v) is 6.52. The van der Waals surface area contributed by atoms with Crippen LogP contribution in [0.4, 0.5) is 0 Å². The summed E-state index contributed by atoms with van der Waals surface area (Å²) >= 11 is 12.8. The van der Waals surface area contributed by atoms with Crippen molar-refractivity contribution in [3.05, 3.63) is 42.0 Å². The number of ether oxygens (including phenoxy) is 1. The number of alkyl halides is 1. The zero-order valence-corrected chi connectivity index (χ0v) is 15.9. The summed E-state index contributed by atoms with van der Waals surface area (Å²) in [5.41, 5.74) is 1.36. The summed E-state index contributed by atoms with van der Waals surface area (Å²) in [7, 11) is 1.71. The summed E-state index contributed by atoms with van der Waals surface area (Å²) in [6, 6.07) is 8.43. The molecule has 0 N–H and O–H groups in total. The van der Waals surface area contributed by atoms with E-state index in [1.165, 1.54) is 31.2 Å². The minimum absolute atomic E-state index is 0.0207. The van der Waals surface area contributed by atoms with Gasteiger partial charge in [-0.1, -0.05) is 37.1 Å². The molecule has 1 aromatic rings. The van der Waals surface area contributed by atoms with E-state index in [1.807, 2.05) is 16.6 Å². The van der Waals surface area contributed by atoms with E-state index in [0.29, 0.717) is 17.7 Å². The van der Waals surface area contributed by atoms with E-state index >= 15 is 0 Å². The summed E-state index contributed by atoms with van der Waals surface area (Å²) in [6.45, 7) is 0.737. The Kier molecular flexibility index (Phi) is 6.12. The summed E-state index contributed by atoms with van der Waals surface area (Å²) in [5, 5.41) is 0. The lowest BCUT2D eigenvalue weighted by molar-refractivity contribution is 0.0806. The Bertz CT molecular complexity index is 553. The Morgan fingerprint density at radius 2 is 1.92 bits per heavy atom. The van der Waals surface area contributed by atoms with Crippen molar-refractivity contribution >= 4 is 23.4 Å². The van der Waals surface area contributed by atoms with E-state index in [1.54, 1.807) is 7.11 Å². The molecule has 2 aliphatic rings. The molecule has 0 amide bonds. The van der Waals surface area contributed by atoms with Gasteiger partial charge in [0.2, 0.25) is 0 Å². The maximum atomic E-state index is 6.82. The first kappa shape index (κ1) is 18.1. The highest BCUT2D eigenvalue weighted by atomic mass is 35.5. The van der Waals surface area contributed by atoms with Crippen LogP contribution in [0.1, 0.15) is 37.7 Å². The Morgan fingerprint density at radius 3 is 2.54 bits per heavy atom. The first-order valence-corrected chi connectivity index (χ1v) is 9.87. The number of methoxy groups -OCH3 is 1. The molecule has 2 aliphatic carbocycles. The molecule has 0 heterocycles. The van der Waals surface area contributed by atoms with Crippen LogP contribution in [0.2, 0.25) is 0 Å². The van der Waals surface area contributed by atoms with Gasteiger partial charge in [0.1, 0.15) is 5.75 Å². The number of nitrogens with zero attached hydrogens (tertiary/aromatic N) is 1. The van der Waals surface area contributed by atoms with Crippen LogP contribution in [0, 0.1) is 11.8 Å². The van der Waals surface area contributed by atoms with Gasteiger partial charge in [0.05, 0.1) is 7.11 Å². The Labute approximate surface area is 155 Å². The topological polar surface area (TPSA) is 12.5 Å². The van der Waals surface area contributed by atoms with Crippen molar-refractivity contribution in [2.24, 2.45) is 11.8 Å². The zero-order valence-electron chi connectivity index (χ0n) is 14.4. The fraction of sp³-hybridized carbons (Fsp3) is 0.600. The fourth-order valence-corrected chi connectivity index (χ4v) is 5.33. The molecular formula is C20H27Cl2NO.